The van der Waals surface area contributed by atoms with Gasteiger partial charge in [-0.05, 0) is 24.1 Å². The van der Waals surface area contributed by atoms with Gasteiger partial charge in [-0.25, -0.2) is 0 Å². The van der Waals surface area contributed by atoms with E-state index in [2.05, 4.69) is 17.2 Å². The van der Waals surface area contributed by atoms with E-state index < -0.39 is 0 Å². The molecule has 0 saturated carbocycles. The van der Waals surface area contributed by atoms with Gasteiger partial charge in [0.1, 0.15) is 5.69 Å². The molecular formula is C20H25N3O2. The fourth-order valence-corrected chi connectivity index (χ4v) is 2.49. The van der Waals surface area contributed by atoms with Gasteiger partial charge in [0.05, 0.1) is 0 Å². The number of carbonyl (C=O) groups is 2. The predicted octanol–water partition coefficient (Wildman–Crippen LogP) is 3.27. The van der Waals surface area contributed by atoms with Gasteiger partial charge >= 0.3 is 0 Å². The van der Waals surface area contributed by atoms with Crippen LogP contribution in [0.4, 0.5) is 0 Å². The Hall–Kier alpha value is -2.69. The highest BCUT2D eigenvalue weighted by molar-refractivity contribution is 5.98. The van der Waals surface area contributed by atoms with E-state index >= 15 is 0 Å². The Morgan fingerprint density at radius 2 is 1.88 bits per heavy atom. The molecule has 0 unspecified atom stereocenters. The molecule has 0 bridgehead atoms. The number of aromatic nitrogens is 1. The van der Waals surface area contributed by atoms with Crippen molar-refractivity contribution in [3.63, 3.8) is 0 Å². The van der Waals surface area contributed by atoms with Crippen LogP contribution in [0.1, 0.15) is 52.6 Å². The topological polar surface area (TPSA) is 62.3 Å². The minimum absolute atomic E-state index is 0.168. The SMILES string of the molecule is CCCCCNC(=O)c1ccnc(C(=O)N(C)Cc2ccccc2)c1. The molecule has 2 amide bonds. The van der Waals surface area contributed by atoms with E-state index in [-0.39, 0.29) is 17.5 Å². The highest BCUT2D eigenvalue weighted by atomic mass is 16.2. The van der Waals surface area contributed by atoms with Gasteiger partial charge in [-0.1, -0.05) is 50.1 Å². The Morgan fingerprint density at radius 3 is 2.60 bits per heavy atom. The molecule has 25 heavy (non-hydrogen) atoms. The summed E-state index contributed by atoms with van der Waals surface area (Å²) in [6.07, 6.45) is 4.66. The molecule has 2 rings (SSSR count). The predicted molar refractivity (Wildman–Crippen MR) is 98.3 cm³/mol. The van der Waals surface area contributed by atoms with Crippen LogP contribution in [0.15, 0.2) is 48.7 Å². The van der Waals surface area contributed by atoms with Crippen molar-refractivity contribution < 1.29 is 9.59 Å². The number of benzene rings is 1. The Morgan fingerprint density at radius 1 is 1.12 bits per heavy atom. The minimum atomic E-state index is -0.204. The highest BCUT2D eigenvalue weighted by Gasteiger charge is 2.15. The van der Waals surface area contributed by atoms with Crippen LogP contribution in [0.3, 0.4) is 0 Å². The van der Waals surface area contributed by atoms with Gasteiger partial charge in [-0.15, -0.1) is 0 Å². The van der Waals surface area contributed by atoms with E-state index in [4.69, 9.17) is 0 Å². The van der Waals surface area contributed by atoms with Crippen molar-refractivity contribution in [3.05, 3.63) is 65.5 Å². The average Bonchev–Trinajstić information content (AvgIpc) is 2.65. The number of nitrogens with one attached hydrogen (secondary N) is 1. The summed E-state index contributed by atoms with van der Waals surface area (Å²) in [5, 5.41) is 2.88. The van der Waals surface area contributed by atoms with Gasteiger partial charge in [0.15, 0.2) is 0 Å². The van der Waals surface area contributed by atoms with Crippen LogP contribution in [0.2, 0.25) is 0 Å². The van der Waals surface area contributed by atoms with Crippen LogP contribution in [0.5, 0.6) is 0 Å². The fraction of sp³-hybridized carbons (Fsp3) is 0.350. The third-order valence-corrected chi connectivity index (χ3v) is 3.92. The zero-order chi connectivity index (χ0) is 18.1. The molecule has 5 heteroatoms. The highest BCUT2D eigenvalue weighted by Crippen LogP contribution is 2.09. The molecule has 132 valence electrons. The van der Waals surface area contributed by atoms with Gasteiger partial charge in [0, 0.05) is 31.9 Å². The van der Waals surface area contributed by atoms with Crippen molar-refractivity contribution in [1.82, 2.24) is 15.2 Å². The Kier molecular flexibility index (Phi) is 7.14. The van der Waals surface area contributed by atoms with Crippen LogP contribution in [-0.4, -0.2) is 35.3 Å². The Balaban J connectivity index is 1.99. The van der Waals surface area contributed by atoms with Gasteiger partial charge in [-0.2, -0.15) is 0 Å². The zero-order valence-electron chi connectivity index (χ0n) is 14.9. The summed E-state index contributed by atoms with van der Waals surface area (Å²) in [6, 6.07) is 12.9. The van der Waals surface area contributed by atoms with E-state index in [0.717, 1.165) is 24.8 Å². The molecule has 0 radical (unpaired) electrons. The molecule has 0 spiro atoms. The number of nitrogens with zero attached hydrogens (tertiary/aromatic N) is 2. The lowest BCUT2D eigenvalue weighted by molar-refractivity contribution is 0.0779. The number of pyridine rings is 1. The number of rotatable bonds is 8. The maximum atomic E-state index is 12.6. The summed E-state index contributed by atoms with van der Waals surface area (Å²) in [5.41, 5.74) is 1.78. The third kappa shape index (κ3) is 5.71. The second-order valence-corrected chi connectivity index (χ2v) is 6.04. The van der Waals surface area contributed by atoms with Crippen LogP contribution in [0.25, 0.3) is 0 Å². The van der Waals surface area contributed by atoms with E-state index in [1.165, 1.54) is 6.20 Å². The van der Waals surface area contributed by atoms with Gasteiger partial charge in [-0.3, -0.25) is 14.6 Å². The molecule has 0 aliphatic carbocycles. The number of hydrogen-bond donors (Lipinski definition) is 1. The number of amides is 2. The molecule has 0 saturated heterocycles. The molecular weight excluding hydrogens is 314 g/mol. The summed E-state index contributed by atoms with van der Waals surface area (Å²) in [4.78, 5) is 30.5. The van der Waals surface area contributed by atoms with Gasteiger partial charge in [0.2, 0.25) is 0 Å². The second-order valence-electron chi connectivity index (χ2n) is 6.04. The lowest BCUT2D eigenvalue weighted by Gasteiger charge is -2.17. The first-order valence-electron chi connectivity index (χ1n) is 8.65. The van der Waals surface area contributed by atoms with Crippen molar-refractivity contribution in [2.75, 3.05) is 13.6 Å². The maximum absolute atomic E-state index is 12.6. The number of carbonyl (C=O) groups excluding carboxylic acids is 2. The fourth-order valence-electron chi connectivity index (χ4n) is 2.49. The first kappa shape index (κ1) is 18.6. The molecule has 0 fully saturated rings. The number of unbranched alkanes of at least 4 members (excludes halogenated alkanes) is 2. The molecule has 1 aromatic heterocycles. The molecule has 1 aromatic carbocycles. The average molecular weight is 339 g/mol. The normalized spacial score (nSPS) is 10.3. The zero-order valence-corrected chi connectivity index (χ0v) is 14.9. The van der Waals surface area contributed by atoms with E-state index in [0.29, 0.717) is 18.7 Å². The molecule has 2 aromatic rings. The number of hydrogen-bond acceptors (Lipinski definition) is 3. The third-order valence-electron chi connectivity index (χ3n) is 3.92. The van der Waals surface area contributed by atoms with E-state index in [1.54, 1.807) is 24.1 Å². The van der Waals surface area contributed by atoms with Crippen molar-refractivity contribution in [2.24, 2.45) is 0 Å². The van der Waals surface area contributed by atoms with Crippen LogP contribution in [0, 0.1) is 0 Å². The quantitative estimate of drug-likeness (QED) is 0.751. The van der Waals surface area contributed by atoms with Crippen LogP contribution >= 0.6 is 0 Å². The Bertz CT molecular complexity index is 701. The standard InChI is InChI=1S/C20H25N3O2/c1-3-4-8-12-22-19(24)17-11-13-21-18(14-17)20(25)23(2)15-16-9-6-5-7-10-16/h5-7,9-11,13-14H,3-4,8,12,15H2,1-2H3,(H,22,24). The Labute approximate surface area is 149 Å². The molecule has 0 aliphatic heterocycles. The summed E-state index contributed by atoms with van der Waals surface area (Å²) in [7, 11) is 1.73. The lowest BCUT2D eigenvalue weighted by atomic mass is 10.1. The maximum Gasteiger partial charge on any atom is 0.272 e. The monoisotopic (exact) mass is 339 g/mol. The molecule has 0 aliphatic rings. The van der Waals surface area contributed by atoms with E-state index in [1.807, 2.05) is 30.3 Å². The summed E-state index contributed by atoms with van der Waals surface area (Å²) >= 11 is 0. The van der Waals surface area contributed by atoms with Gasteiger partial charge in [0.25, 0.3) is 11.8 Å². The summed E-state index contributed by atoms with van der Waals surface area (Å²) in [6.45, 7) is 3.26. The summed E-state index contributed by atoms with van der Waals surface area (Å²) < 4.78 is 0. The van der Waals surface area contributed by atoms with Crippen molar-refractivity contribution in [1.29, 1.82) is 0 Å². The van der Waals surface area contributed by atoms with Crippen LogP contribution < -0.4 is 5.32 Å². The first-order chi connectivity index (χ1) is 12.1. The molecule has 1 heterocycles. The van der Waals surface area contributed by atoms with E-state index in [9.17, 15) is 9.59 Å². The van der Waals surface area contributed by atoms with Crippen LogP contribution in [-0.2, 0) is 6.54 Å². The summed E-state index contributed by atoms with van der Waals surface area (Å²) in [5.74, 6) is -0.372. The molecule has 1 N–H and O–H groups in total. The molecule has 0 atom stereocenters. The smallest absolute Gasteiger partial charge is 0.272 e. The lowest BCUT2D eigenvalue weighted by Crippen LogP contribution is -2.28. The minimum Gasteiger partial charge on any atom is -0.352 e. The van der Waals surface area contributed by atoms with Crippen molar-refractivity contribution in [2.45, 2.75) is 32.7 Å². The van der Waals surface area contributed by atoms with Crippen molar-refractivity contribution in [3.8, 4) is 0 Å². The largest absolute Gasteiger partial charge is 0.352 e. The molecule has 5 nitrogen and oxygen atoms in total. The first-order valence-corrected chi connectivity index (χ1v) is 8.65. The van der Waals surface area contributed by atoms with Gasteiger partial charge < -0.3 is 10.2 Å². The second kappa shape index (κ2) is 9.57. The van der Waals surface area contributed by atoms with Crippen molar-refractivity contribution >= 4 is 11.8 Å².